The second-order valence-corrected chi connectivity index (χ2v) is 5.48. The zero-order valence-corrected chi connectivity index (χ0v) is 13.2. The first kappa shape index (κ1) is 20.4. The molecule has 0 heterocycles. The van der Waals surface area contributed by atoms with Crippen molar-refractivity contribution in [2.45, 2.75) is 24.6 Å². The number of benzene rings is 1. The number of carboxylic acid groups (broad SMARTS) is 2. The van der Waals surface area contributed by atoms with Crippen molar-refractivity contribution in [1.82, 2.24) is 4.90 Å². The smallest absolute Gasteiger partial charge is 0.478 e. The summed E-state index contributed by atoms with van der Waals surface area (Å²) in [6.45, 7) is 0.438. The molecule has 25 heavy (non-hydrogen) atoms. The lowest BCUT2D eigenvalue weighted by atomic mass is 10.1. The number of rotatable bonds is 4. The molecule has 10 heteroatoms. The normalized spacial score (nSPS) is 14.8. The minimum atomic E-state index is -5.08. The second-order valence-electron chi connectivity index (χ2n) is 5.48. The van der Waals surface area contributed by atoms with E-state index >= 15 is 0 Å². The van der Waals surface area contributed by atoms with Crippen molar-refractivity contribution in [2.24, 2.45) is 5.73 Å². The second kappa shape index (κ2) is 7.51. The van der Waals surface area contributed by atoms with E-state index in [0.717, 1.165) is 12.8 Å². The number of aliphatic carboxylic acids is 1. The van der Waals surface area contributed by atoms with Crippen molar-refractivity contribution < 1.29 is 37.8 Å². The SMILES string of the molecule is CN(C(=O)c1cccc(C(=O)O)c1)C1(CN)CC1.O=C(O)C(F)(F)F. The van der Waals surface area contributed by atoms with Gasteiger partial charge in [-0.05, 0) is 31.0 Å². The van der Waals surface area contributed by atoms with Crippen molar-refractivity contribution >= 4 is 17.8 Å². The number of halogens is 3. The summed E-state index contributed by atoms with van der Waals surface area (Å²) in [7, 11) is 1.72. The lowest BCUT2D eigenvalue weighted by molar-refractivity contribution is -0.192. The van der Waals surface area contributed by atoms with Gasteiger partial charge in [0, 0.05) is 19.2 Å². The van der Waals surface area contributed by atoms with Crippen LogP contribution in [0.4, 0.5) is 13.2 Å². The van der Waals surface area contributed by atoms with Crippen LogP contribution in [0.15, 0.2) is 24.3 Å². The fourth-order valence-electron chi connectivity index (χ4n) is 2.02. The maximum absolute atomic E-state index is 12.2. The largest absolute Gasteiger partial charge is 0.490 e. The highest BCUT2D eigenvalue weighted by molar-refractivity contribution is 5.97. The molecule has 138 valence electrons. The highest BCUT2D eigenvalue weighted by atomic mass is 19.4. The minimum absolute atomic E-state index is 0.117. The van der Waals surface area contributed by atoms with Crippen LogP contribution in [0, 0.1) is 0 Å². The van der Waals surface area contributed by atoms with Crippen LogP contribution in [0.5, 0.6) is 0 Å². The number of amides is 1. The Morgan fingerprint density at radius 3 is 2.04 bits per heavy atom. The fraction of sp³-hybridized carbons (Fsp3) is 0.400. The van der Waals surface area contributed by atoms with Gasteiger partial charge in [0.05, 0.1) is 11.1 Å². The van der Waals surface area contributed by atoms with Crippen LogP contribution in [-0.2, 0) is 4.79 Å². The summed E-state index contributed by atoms with van der Waals surface area (Å²) in [5, 5.41) is 16.0. The zero-order chi connectivity index (χ0) is 19.4. The number of carboxylic acids is 2. The molecule has 1 aromatic rings. The van der Waals surface area contributed by atoms with Gasteiger partial charge in [-0.15, -0.1) is 0 Å². The van der Waals surface area contributed by atoms with Gasteiger partial charge in [-0.25, -0.2) is 9.59 Å². The first-order valence-electron chi connectivity index (χ1n) is 7.06. The highest BCUT2D eigenvalue weighted by Crippen LogP contribution is 2.40. The zero-order valence-electron chi connectivity index (χ0n) is 13.2. The number of carbonyl (C=O) groups excluding carboxylic acids is 1. The van der Waals surface area contributed by atoms with Gasteiger partial charge in [-0.2, -0.15) is 13.2 Å². The number of nitrogens with two attached hydrogens (primary N) is 1. The molecule has 0 saturated heterocycles. The number of aromatic carboxylic acids is 1. The average Bonchev–Trinajstić information content (AvgIpc) is 3.34. The van der Waals surface area contributed by atoms with E-state index in [1.807, 2.05) is 0 Å². The number of likely N-dealkylation sites (N-methyl/N-ethyl adjacent to an activating group) is 1. The Bertz CT molecular complexity index is 671. The summed E-state index contributed by atoms with van der Waals surface area (Å²) in [5.41, 5.74) is 5.95. The molecule has 7 nitrogen and oxygen atoms in total. The highest BCUT2D eigenvalue weighted by Gasteiger charge is 2.47. The molecular weight excluding hydrogens is 345 g/mol. The molecule has 1 aliphatic rings. The summed E-state index contributed by atoms with van der Waals surface area (Å²) in [4.78, 5) is 33.6. The summed E-state index contributed by atoms with van der Waals surface area (Å²) in [6.07, 6.45) is -3.27. The van der Waals surface area contributed by atoms with Crippen LogP contribution in [0.2, 0.25) is 0 Å². The Morgan fingerprint density at radius 1 is 1.20 bits per heavy atom. The van der Waals surface area contributed by atoms with Crippen molar-refractivity contribution in [2.75, 3.05) is 13.6 Å². The van der Waals surface area contributed by atoms with Crippen LogP contribution in [0.1, 0.15) is 33.6 Å². The van der Waals surface area contributed by atoms with Gasteiger partial charge in [0.1, 0.15) is 0 Å². The van der Waals surface area contributed by atoms with Crippen molar-refractivity contribution in [3.05, 3.63) is 35.4 Å². The van der Waals surface area contributed by atoms with Gasteiger partial charge < -0.3 is 20.8 Å². The number of alkyl halides is 3. The molecular formula is C15H17F3N2O5. The van der Waals surface area contributed by atoms with Crippen LogP contribution in [0.3, 0.4) is 0 Å². The summed E-state index contributed by atoms with van der Waals surface area (Å²) < 4.78 is 31.7. The number of hydrogen-bond acceptors (Lipinski definition) is 4. The van der Waals surface area contributed by atoms with Crippen LogP contribution in [-0.4, -0.2) is 58.3 Å². The molecule has 0 unspecified atom stereocenters. The fourth-order valence-corrected chi connectivity index (χ4v) is 2.02. The lowest BCUT2D eigenvalue weighted by Gasteiger charge is -2.27. The average molecular weight is 362 g/mol. The van der Waals surface area contributed by atoms with Crippen molar-refractivity contribution in [3.8, 4) is 0 Å². The molecule has 0 spiro atoms. The monoisotopic (exact) mass is 362 g/mol. The Morgan fingerprint density at radius 2 is 1.68 bits per heavy atom. The standard InChI is InChI=1S/C13H16N2O3.C2HF3O2/c1-15(13(8-14)5-6-13)11(16)9-3-2-4-10(7-9)12(17)18;3-2(4,5)1(6)7/h2-4,7H,5-6,8,14H2,1H3,(H,17,18);(H,6,7). The van der Waals surface area contributed by atoms with E-state index in [0.29, 0.717) is 12.1 Å². The molecule has 1 amide bonds. The third-order valence-electron chi connectivity index (χ3n) is 3.82. The maximum Gasteiger partial charge on any atom is 0.490 e. The van der Waals surface area contributed by atoms with E-state index in [1.54, 1.807) is 24.1 Å². The topological polar surface area (TPSA) is 121 Å². The molecule has 1 fully saturated rings. The first-order chi connectivity index (χ1) is 11.4. The minimum Gasteiger partial charge on any atom is -0.478 e. The molecule has 0 aromatic heterocycles. The number of carbonyl (C=O) groups is 3. The summed E-state index contributed by atoms with van der Waals surface area (Å²) in [6, 6.07) is 6.06. The molecule has 0 aliphatic heterocycles. The Balaban J connectivity index is 0.000000381. The lowest BCUT2D eigenvalue weighted by Crippen LogP contribution is -2.44. The molecule has 0 bridgehead atoms. The summed E-state index contributed by atoms with van der Waals surface area (Å²) in [5.74, 6) is -3.97. The van der Waals surface area contributed by atoms with Gasteiger partial charge in [-0.1, -0.05) is 6.07 Å². The quantitative estimate of drug-likeness (QED) is 0.748. The van der Waals surface area contributed by atoms with E-state index in [2.05, 4.69) is 0 Å². The summed E-state index contributed by atoms with van der Waals surface area (Å²) >= 11 is 0. The molecule has 4 N–H and O–H groups in total. The van der Waals surface area contributed by atoms with Crippen molar-refractivity contribution in [3.63, 3.8) is 0 Å². The predicted molar refractivity (Wildman–Crippen MR) is 80.2 cm³/mol. The molecule has 0 atom stereocenters. The van der Waals surface area contributed by atoms with Crippen molar-refractivity contribution in [1.29, 1.82) is 0 Å². The van der Waals surface area contributed by atoms with Gasteiger partial charge in [0.25, 0.3) is 5.91 Å². The molecule has 1 aliphatic carbocycles. The van der Waals surface area contributed by atoms with Crippen LogP contribution < -0.4 is 5.73 Å². The Labute approximate surface area is 140 Å². The maximum atomic E-state index is 12.2. The van der Waals surface area contributed by atoms with E-state index in [1.165, 1.54) is 12.1 Å². The van der Waals surface area contributed by atoms with Gasteiger partial charge in [-0.3, -0.25) is 4.79 Å². The number of nitrogens with zero attached hydrogens (tertiary/aromatic N) is 1. The Hall–Kier alpha value is -2.62. The molecule has 0 radical (unpaired) electrons. The number of hydrogen-bond donors (Lipinski definition) is 3. The van der Waals surface area contributed by atoms with E-state index in [4.69, 9.17) is 20.7 Å². The first-order valence-corrected chi connectivity index (χ1v) is 7.06. The molecule has 1 saturated carbocycles. The van der Waals surface area contributed by atoms with E-state index in [9.17, 15) is 22.8 Å². The van der Waals surface area contributed by atoms with Gasteiger partial charge in [0.15, 0.2) is 0 Å². The van der Waals surface area contributed by atoms with E-state index < -0.39 is 18.1 Å². The predicted octanol–water partition coefficient (Wildman–Crippen LogP) is 1.58. The van der Waals surface area contributed by atoms with Gasteiger partial charge >= 0.3 is 18.1 Å². The third-order valence-corrected chi connectivity index (χ3v) is 3.82. The Kier molecular flexibility index (Phi) is 6.14. The third kappa shape index (κ3) is 5.18. The van der Waals surface area contributed by atoms with E-state index in [-0.39, 0.29) is 17.0 Å². The molecule has 1 aromatic carbocycles. The van der Waals surface area contributed by atoms with Crippen LogP contribution >= 0.6 is 0 Å². The van der Waals surface area contributed by atoms with Gasteiger partial charge in [0.2, 0.25) is 0 Å². The van der Waals surface area contributed by atoms with Crippen LogP contribution in [0.25, 0.3) is 0 Å². The molecule has 2 rings (SSSR count).